The molecule has 0 radical (unpaired) electrons. The van der Waals surface area contributed by atoms with Crippen molar-refractivity contribution < 1.29 is 14.7 Å². The second kappa shape index (κ2) is 8.32. The molecular weight excluding hydrogens is 380 g/mol. The molecule has 0 aliphatic heterocycles. The number of aromatic nitrogens is 2. The minimum absolute atomic E-state index is 0.183. The van der Waals surface area contributed by atoms with E-state index in [4.69, 9.17) is 5.11 Å². The van der Waals surface area contributed by atoms with Crippen LogP contribution in [0, 0.1) is 0 Å². The lowest BCUT2D eigenvalue weighted by Gasteiger charge is -2.08. The number of rotatable bonds is 5. The fraction of sp³-hybridized carbons (Fsp3) is 0. The Balaban J connectivity index is 1.61. The van der Waals surface area contributed by atoms with Gasteiger partial charge in [0, 0.05) is 23.3 Å². The van der Waals surface area contributed by atoms with Crippen LogP contribution >= 0.6 is 0 Å². The molecule has 7 nitrogen and oxygen atoms in total. The van der Waals surface area contributed by atoms with E-state index in [2.05, 4.69) is 20.5 Å². The number of hydrogen-bond donors (Lipinski definition) is 2. The molecule has 4 rings (SSSR count). The SMILES string of the molecule is O=C(O)c1ccc(/C=N/NC(=O)c2cc(-c3cccnc3)nc3ccccc23)cc1. The average molecular weight is 396 g/mol. The molecule has 2 heterocycles. The summed E-state index contributed by atoms with van der Waals surface area (Å²) in [6.45, 7) is 0. The molecule has 0 bridgehead atoms. The van der Waals surface area contributed by atoms with Gasteiger partial charge in [-0.15, -0.1) is 0 Å². The van der Waals surface area contributed by atoms with Gasteiger partial charge in [-0.2, -0.15) is 5.10 Å². The van der Waals surface area contributed by atoms with Gasteiger partial charge in [-0.25, -0.2) is 15.2 Å². The van der Waals surface area contributed by atoms with E-state index in [-0.39, 0.29) is 11.5 Å². The minimum Gasteiger partial charge on any atom is -0.478 e. The fourth-order valence-electron chi connectivity index (χ4n) is 2.96. The van der Waals surface area contributed by atoms with Crippen molar-refractivity contribution >= 4 is 29.0 Å². The van der Waals surface area contributed by atoms with Crippen LogP contribution in [0.2, 0.25) is 0 Å². The standard InChI is InChI=1S/C23H16N4O3/c28-22(27-25-13-15-7-9-16(10-8-15)23(29)30)19-12-21(17-4-3-11-24-14-17)26-20-6-2-1-5-18(19)20/h1-14H,(H,27,28)(H,29,30)/b25-13+. The molecule has 30 heavy (non-hydrogen) atoms. The number of nitrogens with one attached hydrogen (secondary N) is 1. The van der Waals surface area contributed by atoms with Crippen molar-refractivity contribution in [3.8, 4) is 11.3 Å². The molecule has 0 fully saturated rings. The summed E-state index contributed by atoms with van der Waals surface area (Å²) in [5, 5.41) is 13.7. The smallest absolute Gasteiger partial charge is 0.335 e. The van der Waals surface area contributed by atoms with Crippen LogP contribution in [0.1, 0.15) is 26.3 Å². The number of fused-ring (bicyclic) bond motifs is 1. The highest BCUT2D eigenvalue weighted by Crippen LogP contribution is 2.24. The molecule has 0 atom stereocenters. The highest BCUT2D eigenvalue weighted by molar-refractivity contribution is 6.07. The first kappa shape index (κ1) is 18.9. The number of hydrazone groups is 1. The Labute approximate surface area is 171 Å². The lowest BCUT2D eigenvalue weighted by atomic mass is 10.0. The normalized spacial score (nSPS) is 10.9. The molecule has 0 saturated heterocycles. The Morgan fingerprint density at radius 3 is 2.53 bits per heavy atom. The molecule has 146 valence electrons. The Morgan fingerprint density at radius 2 is 1.80 bits per heavy atom. The van der Waals surface area contributed by atoms with Gasteiger partial charge in [0.1, 0.15) is 0 Å². The molecule has 2 N–H and O–H groups in total. The Kier molecular flexibility index (Phi) is 5.25. The summed E-state index contributed by atoms with van der Waals surface area (Å²) in [6.07, 6.45) is 4.82. The second-order valence-corrected chi connectivity index (χ2v) is 6.44. The molecule has 2 aromatic heterocycles. The molecule has 0 spiro atoms. The molecule has 0 saturated carbocycles. The number of aromatic carboxylic acids is 1. The largest absolute Gasteiger partial charge is 0.478 e. The molecule has 0 aliphatic carbocycles. The van der Waals surface area contributed by atoms with Gasteiger partial charge in [-0.3, -0.25) is 9.78 Å². The summed E-state index contributed by atoms with van der Waals surface area (Å²) in [7, 11) is 0. The van der Waals surface area contributed by atoms with Crippen molar-refractivity contribution in [1.82, 2.24) is 15.4 Å². The Hall–Kier alpha value is -4.39. The van der Waals surface area contributed by atoms with Crippen LogP contribution in [-0.4, -0.2) is 33.2 Å². The summed E-state index contributed by atoms with van der Waals surface area (Å²) in [6, 6.07) is 19.0. The van der Waals surface area contributed by atoms with Crippen LogP contribution in [0.15, 0.2) is 84.2 Å². The third-order valence-electron chi connectivity index (χ3n) is 4.46. The van der Waals surface area contributed by atoms with Crippen molar-refractivity contribution in [3.63, 3.8) is 0 Å². The maximum Gasteiger partial charge on any atom is 0.335 e. The number of carbonyl (C=O) groups is 2. The van der Waals surface area contributed by atoms with Gasteiger partial charge in [0.05, 0.1) is 28.6 Å². The summed E-state index contributed by atoms with van der Waals surface area (Å²) in [4.78, 5) is 32.5. The topological polar surface area (TPSA) is 105 Å². The molecular formula is C23H16N4O3. The first-order valence-electron chi connectivity index (χ1n) is 9.09. The maximum absolute atomic E-state index is 12.8. The monoisotopic (exact) mass is 396 g/mol. The average Bonchev–Trinajstić information content (AvgIpc) is 2.79. The van der Waals surface area contributed by atoms with E-state index < -0.39 is 5.97 Å². The lowest BCUT2D eigenvalue weighted by molar-refractivity contribution is 0.0696. The van der Waals surface area contributed by atoms with E-state index in [0.717, 1.165) is 5.56 Å². The van der Waals surface area contributed by atoms with Gasteiger partial charge in [-0.1, -0.05) is 30.3 Å². The predicted molar refractivity (Wildman–Crippen MR) is 113 cm³/mol. The van der Waals surface area contributed by atoms with Crippen LogP contribution < -0.4 is 5.43 Å². The number of hydrogen-bond acceptors (Lipinski definition) is 5. The number of carboxylic acids is 1. The zero-order valence-electron chi connectivity index (χ0n) is 15.7. The summed E-state index contributed by atoms with van der Waals surface area (Å²) in [5.74, 6) is -1.38. The van der Waals surface area contributed by atoms with E-state index in [1.165, 1.54) is 18.3 Å². The number of carbonyl (C=O) groups excluding carboxylic acids is 1. The van der Waals surface area contributed by atoms with Crippen molar-refractivity contribution in [2.24, 2.45) is 5.10 Å². The third kappa shape index (κ3) is 4.05. The molecule has 0 aliphatic rings. The quantitative estimate of drug-likeness (QED) is 0.395. The van der Waals surface area contributed by atoms with E-state index in [1.807, 2.05) is 36.4 Å². The number of amides is 1. The van der Waals surface area contributed by atoms with Gasteiger partial charge < -0.3 is 5.11 Å². The molecule has 4 aromatic rings. The van der Waals surface area contributed by atoms with Crippen molar-refractivity contribution in [2.75, 3.05) is 0 Å². The zero-order chi connectivity index (χ0) is 20.9. The number of benzene rings is 2. The second-order valence-electron chi connectivity index (χ2n) is 6.44. The van der Waals surface area contributed by atoms with Crippen LogP contribution in [0.4, 0.5) is 0 Å². The van der Waals surface area contributed by atoms with Crippen LogP contribution in [-0.2, 0) is 0 Å². The van der Waals surface area contributed by atoms with Gasteiger partial charge in [-0.05, 0) is 42.0 Å². The Bertz CT molecular complexity index is 1250. The van der Waals surface area contributed by atoms with Gasteiger partial charge in [0.25, 0.3) is 5.91 Å². The van der Waals surface area contributed by atoms with Crippen LogP contribution in [0.25, 0.3) is 22.2 Å². The van der Waals surface area contributed by atoms with Crippen LogP contribution in [0.5, 0.6) is 0 Å². The van der Waals surface area contributed by atoms with Gasteiger partial charge in [0.15, 0.2) is 0 Å². The highest BCUT2D eigenvalue weighted by Gasteiger charge is 2.13. The predicted octanol–water partition coefficient (Wildman–Crippen LogP) is 3.76. The lowest BCUT2D eigenvalue weighted by Crippen LogP contribution is -2.18. The molecule has 1 amide bonds. The van der Waals surface area contributed by atoms with Crippen molar-refractivity contribution in [2.45, 2.75) is 0 Å². The van der Waals surface area contributed by atoms with Crippen molar-refractivity contribution in [3.05, 3.63) is 95.8 Å². The number of nitrogens with zero attached hydrogens (tertiary/aromatic N) is 3. The number of para-hydroxylation sites is 1. The first-order valence-corrected chi connectivity index (χ1v) is 9.09. The number of pyridine rings is 2. The van der Waals surface area contributed by atoms with Crippen molar-refractivity contribution in [1.29, 1.82) is 0 Å². The van der Waals surface area contributed by atoms with E-state index in [9.17, 15) is 9.59 Å². The Morgan fingerprint density at radius 1 is 1.00 bits per heavy atom. The minimum atomic E-state index is -0.999. The molecule has 7 heteroatoms. The highest BCUT2D eigenvalue weighted by atomic mass is 16.4. The first-order chi connectivity index (χ1) is 14.6. The molecule has 0 unspecified atom stereocenters. The summed E-state index contributed by atoms with van der Waals surface area (Å²) < 4.78 is 0. The van der Waals surface area contributed by atoms with E-state index in [1.54, 1.807) is 30.6 Å². The van der Waals surface area contributed by atoms with E-state index >= 15 is 0 Å². The van der Waals surface area contributed by atoms with Crippen LogP contribution in [0.3, 0.4) is 0 Å². The third-order valence-corrected chi connectivity index (χ3v) is 4.46. The fourth-order valence-corrected chi connectivity index (χ4v) is 2.96. The van der Waals surface area contributed by atoms with E-state index in [0.29, 0.717) is 27.7 Å². The summed E-state index contributed by atoms with van der Waals surface area (Å²) >= 11 is 0. The maximum atomic E-state index is 12.8. The summed E-state index contributed by atoms with van der Waals surface area (Å²) in [5.41, 5.74) is 5.95. The molecule has 2 aromatic carbocycles. The van der Waals surface area contributed by atoms with Gasteiger partial charge >= 0.3 is 5.97 Å². The number of carboxylic acid groups (broad SMARTS) is 1. The zero-order valence-corrected chi connectivity index (χ0v) is 15.7. The van der Waals surface area contributed by atoms with Gasteiger partial charge in [0.2, 0.25) is 0 Å².